The monoisotopic (exact) mass is 219 g/mol. The molecule has 0 aromatic carbocycles. The summed E-state index contributed by atoms with van der Waals surface area (Å²) in [6.07, 6.45) is 5.06. The molecule has 0 spiro atoms. The first-order valence-corrected chi connectivity index (χ1v) is 5.66. The molecule has 0 aromatic heterocycles. The summed E-state index contributed by atoms with van der Waals surface area (Å²) in [5.41, 5.74) is -0.662. The fraction of sp³-hybridized carbons (Fsp3) is 0.692. The lowest BCUT2D eigenvalue weighted by molar-refractivity contribution is -0.157. The number of carbonyl (C=O) groups excluding carboxylic acids is 1. The summed E-state index contributed by atoms with van der Waals surface area (Å²) in [7, 11) is 0. The molecule has 1 fully saturated rings. The van der Waals surface area contributed by atoms with Crippen LogP contribution in [0.1, 0.15) is 33.6 Å². The zero-order valence-electron chi connectivity index (χ0n) is 9.99. The minimum absolute atomic E-state index is 0.0211. The van der Waals surface area contributed by atoms with E-state index in [2.05, 4.69) is 13.0 Å². The van der Waals surface area contributed by atoms with E-state index in [1.54, 1.807) is 6.26 Å². The summed E-state index contributed by atoms with van der Waals surface area (Å²) in [4.78, 5) is 12.1. The standard InChI is InChI=1S/C13H17NO2/c1-12(2)10(15)9(8-14)7-13(3)5-4-6-16-11(12)13/h4,6,9,11H,5,7H2,1-3H3. The molecule has 0 bridgehead atoms. The number of carbonyl (C=O) groups is 1. The molecule has 3 unspecified atom stereocenters. The minimum Gasteiger partial charge on any atom is -0.497 e. The van der Waals surface area contributed by atoms with Crippen molar-refractivity contribution in [2.24, 2.45) is 16.7 Å². The highest BCUT2D eigenvalue weighted by Gasteiger charge is 2.56. The van der Waals surface area contributed by atoms with E-state index in [4.69, 9.17) is 10.00 Å². The number of hydrogen-bond acceptors (Lipinski definition) is 3. The van der Waals surface area contributed by atoms with E-state index in [1.807, 2.05) is 19.9 Å². The Bertz CT molecular complexity index is 391. The summed E-state index contributed by atoms with van der Waals surface area (Å²) >= 11 is 0. The van der Waals surface area contributed by atoms with Crippen LogP contribution in [0.4, 0.5) is 0 Å². The molecule has 0 saturated heterocycles. The molecule has 16 heavy (non-hydrogen) atoms. The van der Waals surface area contributed by atoms with Crippen molar-refractivity contribution in [1.29, 1.82) is 5.26 Å². The van der Waals surface area contributed by atoms with E-state index in [-0.39, 0.29) is 17.3 Å². The largest absolute Gasteiger partial charge is 0.497 e. The van der Waals surface area contributed by atoms with Gasteiger partial charge >= 0.3 is 0 Å². The van der Waals surface area contributed by atoms with E-state index >= 15 is 0 Å². The van der Waals surface area contributed by atoms with Crippen molar-refractivity contribution < 1.29 is 9.53 Å². The summed E-state index contributed by atoms with van der Waals surface area (Å²) in [5, 5.41) is 9.07. The van der Waals surface area contributed by atoms with Crippen molar-refractivity contribution in [3.05, 3.63) is 12.3 Å². The number of nitriles is 1. The zero-order chi connectivity index (χ0) is 12.0. The first-order chi connectivity index (χ1) is 7.42. The SMILES string of the molecule is CC12CC=COC1C(C)(C)C(=O)C(C#N)C2. The van der Waals surface area contributed by atoms with Crippen LogP contribution < -0.4 is 0 Å². The maximum absolute atomic E-state index is 12.1. The number of hydrogen-bond donors (Lipinski definition) is 0. The van der Waals surface area contributed by atoms with Crippen LogP contribution in [0.25, 0.3) is 0 Å². The smallest absolute Gasteiger partial charge is 0.159 e. The maximum Gasteiger partial charge on any atom is 0.159 e. The van der Waals surface area contributed by atoms with Gasteiger partial charge in [0, 0.05) is 5.41 Å². The van der Waals surface area contributed by atoms with Gasteiger partial charge in [-0.15, -0.1) is 0 Å². The molecule has 0 radical (unpaired) electrons. The molecule has 86 valence electrons. The van der Waals surface area contributed by atoms with Gasteiger partial charge in [0.1, 0.15) is 12.0 Å². The average Bonchev–Trinajstić information content (AvgIpc) is 2.24. The van der Waals surface area contributed by atoms with E-state index in [0.717, 1.165) is 6.42 Å². The number of ketones is 1. The molecule has 1 heterocycles. The number of Topliss-reactive ketones (excluding diaryl/α,β-unsaturated/α-hetero) is 1. The van der Waals surface area contributed by atoms with Crippen molar-refractivity contribution >= 4 is 5.78 Å². The third-order valence-corrected chi connectivity index (χ3v) is 3.96. The molecule has 2 aliphatic rings. The van der Waals surface area contributed by atoms with E-state index in [0.29, 0.717) is 6.42 Å². The highest BCUT2D eigenvalue weighted by Crippen LogP contribution is 2.51. The second-order valence-corrected chi connectivity index (χ2v) is 5.72. The van der Waals surface area contributed by atoms with Gasteiger partial charge in [0.25, 0.3) is 0 Å². The molecule has 0 amide bonds. The lowest BCUT2D eigenvalue weighted by atomic mass is 9.56. The minimum atomic E-state index is -0.571. The highest BCUT2D eigenvalue weighted by atomic mass is 16.5. The van der Waals surface area contributed by atoms with E-state index < -0.39 is 11.3 Å². The Balaban J connectivity index is 2.43. The maximum atomic E-state index is 12.1. The Kier molecular flexibility index (Phi) is 2.34. The van der Waals surface area contributed by atoms with Gasteiger partial charge in [-0.2, -0.15) is 5.26 Å². The number of ether oxygens (including phenoxy) is 1. The van der Waals surface area contributed by atoms with Crippen LogP contribution >= 0.6 is 0 Å². The highest BCUT2D eigenvalue weighted by molar-refractivity contribution is 5.90. The Morgan fingerprint density at radius 2 is 2.19 bits per heavy atom. The van der Waals surface area contributed by atoms with Gasteiger partial charge in [-0.1, -0.05) is 6.92 Å². The first kappa shape index (κ1) is 11.2. The van der Waals surface area contributed by atoms with Crippen molar-refractivity contribution in [3.63, 3.8) is 0 Å². The Labute approximate surface area is 96.1 Å². The lowest BCUT2D eigenvalue weighted by Crippen LogP contribution is -2.56. The number of fused-ring (bicyclic) bond motifs is 1. The molecular formula is C13H17NO2. The summed E-state index contributed by atoms with van der Waals surface area (Å²) in [6, 6.07) is 2.14. The van der Waals surface area contributed by atoms with Gasteiger partial charge < -0.3 is 4.74 Å². The second kappa shape index (κ2) is 3.35. The topological polar surface area (TPSA) is 50.1 Å². The first-order valence-electron chi connectivity index (χ1n) is 5.66. The molecular weight excluding hydrogens is 202 g/mol. The van der Waals surface area contributed by atoms with Gasteiger partial charge in [-0.3, -0.25) is 4.79 Å². The van der Waals surface area contributed by atoms with Crippen LogP contribution in [-0.4, -0.2) is 11.9 Å². The molecule has 3 atom stereocenters. The Hall–Kier alpha value is -1.30. The van der Waals surface area contributed by atoms with Crippen LogP contribution in [0, 0.1) is 28.1 Å². The van der Waals surface area contributed by atoms with Crippen molar-refractivity contribution in [3.8, 4) is 6.07 Å². The van der Waals surface area contributed by atoms with Gasteiger partial charge in [-0.25, -0.2) is 0 Å². The molecule has 3 heteroatoms. The van der Waals surface area contributed by atoms with Gasteiger partial charge in [0.2, 0.25) is 0 Å². The molecule has 1 saturated carbocycles. The van der Waals surface area contributed by atoms with Crippen LogP contribution in [-0.2, 0) is 9.53 Å². The predicted molar refractivity (Wildman–Crippen MR) is 59.2 cm³/mol. The predicted octanol–water partition coefficient (Wildman–Crippen LogP) is 2.43. The van der Waals surface area contributed by atoms with Crippen molar-refractivity contribution in [2.45, 2.75) is 39.7 Å². The van der Waals surface area contributed by atoms with Crippen LogP contribution in [0.5, 0.6) is 0 Å². The average molecular weight is 219 g/mol. The molecule has 3 nitrogen and oxygen atoms in total. The third kappa shape index (κ3) is 1.36. The summed E-state index contributed by atoms with van der Waals surface area (Å²) in [6.45, 7) is 5.89. The van der Waals surface area contributed by atoms with Crippen LogP contribution in [0.15, 0.2) is 12.3 Å². The van der Waals surface area contributed by atoms with Gasteiger partial charge in [0.05, 0.1) is 17.7 Å². The Morgan fingerprint density at radius 1 is 1.50 bits per heavy atom. The van der Waals surface area contributed by atoms with Crippen LogP contribution in [0.3, 0.4) is 0 Å². The number of nitrogens with zero attached hydrogens (tertiary/aromatic N) is 1. The molecule has 2 rings (SSSR count). The molecule has 1 aliphatic heterocycles. The molecule has 0 aromatic rings. The summed E-state index contributed by atoms with van der Waals surface area (Å²) < 4.78 is 5.65. The van der Waals surface area contributed by atoms with Crippen molar-refractivity contribution in [1.82, 2.24) is 0 Å². The number of allylic oxidation sites excluding steroid dienone is 1. The normalized spacial score (nSPS) is 40.8. The Morgan fingerprint density at radius 3 is 2.81 bits per heavy atom. The third-order valence-electron chi connectivity index (χ3n) is 3.96. The van der Waals surface area contributed by atoms with Gasteiger partial charge in [-0.05, 0) is 32.8 Å². The lowest BCUT2D eigenvalue weighted by Gasteiger charge is -2.51. The zero-order valence-corrected chi connectivity index (χ0v) is 9.99. The summed E-state index contributed by atoms with van der Waals surface area (Å²) in [5.74, 6) is -0.459. The fourth-order valence-corrected chi connectivity index (χ4v) is 3.20. The quantitative estimate of drug-likeness (QED) is 0.628. The van der Waals surface area contributed by atoms with Crippen molar-refractivity contribution in [2.75, 3.05) is 0 Å². The van der Waals surface area contributed by atoms with Gasteiger partial charge in [0.15, 0.2) is 5.78 Å². The molecule has 1 aliphatic carbocycles. The fourth-order valence-electron chi connectivity index (χ4n) is 3.20. The molecule has 0 N–H and O–H groups in total. The van der Waals surface area contributed by atoms with E-state index in [1.165, 1.54) is 0 Å². The second-order valence-electron chi connectivity index (χ2n) is 5.72. The number of rotatable bonds is 0. The van der Waals surface area contributed by atoms with E-state index in [9.17, 15) is 4.79 Å². The van der Waals surface area contributed by atoms with Crippen LogP contribution in [0.2, 0.25) is 0 Å².